The highest BCUT2D eigenvalue weighted by atomic mass is 14.1. The Morgan fingerprint density at radius 1 is 1.33 bits per heavy atom. The van der Waals surface area contributed by atoms with E-state index in [1.165, 1.54) is 32.1 Å². The second kappa shape index (κ2) is 7.39. The van der Waals surface area contributed by atoms with Crippen molar-refractivity contribution in [3.05, 3.63) is 12.7 Å². The minimum Gasteiger partial charge on any atom is -0.103 e. The zero-order valence-electron chi connectivity index (χ0n) is 8.97. The molecule has 0 aromatic heterocycles. The normalized spacial score (nSPS) is 15.6. The van der Waals surface area contributed by atoms with Gasteiger partial charge in [0.2, 0.25) is 0 Å². The highest BCUT2D eigenvalue weighted by Crippen LogP contribution is 2.21. The molecule has 0 radical (unpaired) electrons. The van der Waals surface area contributed by atoms with Crippen molar-refractivity contribution in [1.82, 2.24) is 0 Å². The first-order valence-corrected chi connectivity index (χ1v) is 5.37. The number of hydrogen-bond donors (Lipinski definition) is 0. The Bertz CT molecular complexity index is 105. The Balaban J connectivity index is 3.58. The summed E-state index contributed by atoms with van der Waals surface area (Å²) in [5.41, 5.74) is 0. The minimum atomic E-state index is 0.701. The van der Waals surface area contributed by atoms with Crippen molar-refractivity contribution < 1.29 is 0 Å². The van der Waals surface area contributed by atoms with Crippen molar-refractivity contribution in [2.75, 3.05) is 0 Å². The molecular weight excluding hydrogens is 144 g/mol. The van der Waals surface area contributed by atoms with E-state index in [0.29, 0.717) is 5.92 Å². The molecule has 2 atom stereocenters. The molecule has 72 valence electrons. The van der Waals surface area contributed by atoms with E-state index in [1.807, 2.05) is 0 Å². The zero-order chi connectivity index (χ0) is 9.40. The number of hydrogen-bond acceptors (Lipinski definition) is 0. The summed E-state index contributed by atoms with van der Waals surface area (Å²) in [7, 11) is 0. The molecule has 0 aromatic rings. The molecular formula is C12H24. The number of rotatable bonds is 7. The predicted octanol–water partition coefficient (Wildman–Crippen LogP) is 4.42. The molecule has 0 aromatic carbocycles. The van der Waals surface area contributed by atoms with Crippen LogP contribution >= 0.6 is 0 Å². The van der Waals surface area contributed by atoms with E-state index in [4.69, 9.17) is 0 Å². The third-order valence-corrected chi connectivity index (χ3v) is 2.65. The van der Waals surface area contributed by atoms with E-state index in [-0.39, 0.29) is 0 Å². The fraction of sp³-hybridized carbons (Fsp3) is 0.833. The Morgan fingerprint density at radius 2 is 2.00 bits per heavy atom. The lowest BCUT2D eigenvalue weighted by Gasteiger charge is -2.16. The van der Waals surface area contributed by atoms with Crippen LogP contribution in [0.3, 0.4) is 0 Å². The summed E-state index contributed by atoms with van der Waals surface area (Å²) in [6, 6.07) is 0. The van der Waals surface area contributed by atoms with Crippen molar-refractivity contribution >= 4 is 0 Å². The quantitative estimate of drug-likeness (QED) is 0.494. The van der Waals surface area contributed by atoms with Gasteiger partial charge in [0.15, 0.2) is 0 Å². The summed E-state index contributed by atoms with van der Waals surface area (Å²) in [5.74, 6) is 1.63. The van der Waals surface area contributed by atoms with Gasteiger partial charge in [0, 0.05) is 0 Å². The average molecular weight is 168 g/mol. The largest absolute Gasteiger partial charge is 0.103 e. The SMILES string of the molecule is C=CC(C)CC(CC)CCCC. The number of unbranched alkanes of at least 4 members (excludes halogenated alkanes) is 1. The van der Waals surface area contributed by atoms with Gasteiger partial charge in [0.1, 0.15) is 0 Å². The molecule has 2 unspecified atom stereocenters. The maximum absolute atomic E-state index is 3.83. The van der Waals surface area contributed by atoms with Crippen LogP contribution in [0.1, 0.15) is 52.9 Å². The second-order valence-electron chi connectivity index (χ2n) is 3.87. The summed E-state index contributed by atoms with van der Waals surface area (Å²) in [6.07, 6.45) is 8.87. The smallest absolute Gasteiger partial charge is 0.0262 e. The van der Waals surface area contributed by atoms with Crippen LogP contribution in [0.2, 0.25) is 0 Å². The van der Waals surface area contributed by atoms with E-state index in [2.05, 4.69) is 33.4 Å². The summed E-state index contributed by atoms with van der Waals surface area (Å²) in [6.45, 7) is 10.7. The Hall–Kier alpha value is -0.260. The van der Waals surface area contributed by atoms with Crippen LogP contribution in [0.15, 0.2) is 12.7 Å². The zero-order valence-corrected chi connectivity index (χ0v) is 8.97. The van der Waals surface area contributed by atoms with Gasteiger partial charge in [-0.2, -0.15) is 0 Å². The molecule has 0 rings (SSSR count). The Morgan fingerprint density at radius 3 is 2.42 bits per heavy atom. The lowest BCUT2D eigenvalue weighted by molar-refractivity contribution is 0.383. The van der Waals surface area contributed by atoms with Gasteiger partial charge in [0.05, 0.1) is 0 Å². The van der Waals surface area contributed by atoms with Gasteiger partial charge in [0.25, 0.3) is 0 Å². The standard InChI is InChI=1S/C12H24/c1-5-8-9-12(7-3)10-11(4)6-2/h6,11-12H,2,5,7-10H2,1,3-4H3. The topological polar surface area (TPSA) is 0 Å². The van der Waals surface area contributed by atoms with E-state index in [0.717, 1.165) is 5.92 Å². The summed E-state index contributed by atoms with van der Waals surface area (Å²) >= 11 is 0. The fourth-order valence-corrected chi connectivity index (χ4v) is 1.60. The molecule has 12 heavy (non-hydrogen) atoms. The predicted molar refractivity (Wildman–Crippen MR) is 57.3 cm³/mol. The highest BCUT2D eigenvalue weighted by Gasteiger charge is 2.08. The molecule has 0 heteroatoms. The lowest BCUT2D eigenvalue weighted by Crippen LogP contribution is -2.03. The summed E-state index contributed by atoms with van der Waals surface area (Å²) in [5, 5.41) is 0. The fourth-order valence-electron chi connectivity index (χ4n) is 1.60. The first-order chi connectivity index (χ1) is 5.74. The van der Waals surface area contributed by atoms with Crippen LogP contribution in [-0.2, 0) is 0 Å². The Kier molecular flexibility index (Phi) is 7.23. The van der Waals surface area contributed by atoms with Gasteiger partial charge in [-0.25, -0.2) is 0 Å². The Labute approximate surface area is 78.1 Å². The first kappa shape index (κ1) is 11.7. The third-order valence-electron chi connectivity index (χ3n) is 2.65. The molecule has 0 saturated heterocycles. The minimum absolute atomic E-state index is 0.701. The summed E-state index contributed by atoms with van der Waals surface area (Å²) in [4.78, 5) is 0. The van der Waals surface area contributed by atoms with Crippen LogP contribution < -0.4 is 0 Å². The van der Waals surface area contributed by atoms with Crippen LogP contribution in [0, 0.1) is 11.8 Å². The summed E-state index contributed by atoms with van der Waals surface area (Å²) < 4.78 is 0. The molecule has 0 aliphatic carbocycles. The molecule has 0 nitrogen and oxygen atoms in total. The first-order valence-electron chi connectivity index (χ1n) is 5.37. The van der Waals surface area contributed by atoms with E-state index in [9.17, 15) is 0 Å². The van der Waals surface area contributed by atoms with Crippen molar-refractivity contribution in [1.29, 1.82) is 0 Å². The molecule has 0 N–H and O–H groups in total. The van der Waals surface area contributed by atoms with Crippen LogP contribution in [0.5, 0.6) is 0 Å². The third kappa shape index (κ3) is 5.40. The maximum Gasteiger partial charge on any atom is -0.0262 e. The molecule has 0 heterocycles. The van der Waals surface area contributed by atoms with Gasteiger partial charge in [-0.15, -0.1) is 6.58 Å². The van der Waals surface area contributed by atoms with E-state index >= 15 is 0 Å². The lowest BCUT2D eigenvalue weighted by atomic mass is 9.90. The van der Waals surface area contributed by atoms with Gasteiger partial charge in [-0.05, 0) is 18.3 Å². The molecule has 0 aliphatic rings. The molecule has 0 aliphatic heterocycles. The maximum atomic E-state index is 3.83. The monoisotopic (exact) mass is 168 g/mol. The average Bonchev–Trinajstić information content (AvgIpc) is 2.11. The molecule has 0 saturated carbocycles. The van der Waals surface area contributed by atoms with Crippen LogP contribution in [0.4, 0.5) is 0 Å². The van der Waals surface area contributed by atoms with Crippen LogP contribution in [0.25, 0.3) is 0 Å². The van der Waals surface area contributed by atoms with Gasteiger partial charge in [-0.1, -0.05) is 52.5 Å². The molecule has 0 fully saturated rings. The van der Waals surface area contributed by atoms with E-state index < -0.39 is 0 Å². The highest BCUT2D eigenvalue weighted by molar-refractivity contribution is 4.77. The molecule has 0 spiro atoms. The van der Waals surface area contributed by atoms with Crippen molar-refractivity contribution in [2.24, 2.45) is 11.8 Å². The second-order valence-corrected chi connectivity index (χ2v) is 3.87. The molecule has 0 bridgehead atoms. The van der Waals surface area contributed by atoms with Crippen molar-refractivity contribution in [3.8, 4) is 0 Å². The van der Waals surface area contributed by atoms with Gasteiger partial charge in [-0.3, -0.25) is 0 Å². The van der Waals surface area contributed by atoms with Gasteiger partial charge < -0.3 is 0 Å². The van der Waals surface area contributed by atoms with Gasteiger partial charge >= 0.3 is 0 Å². The number of allylic oxidation sites excluding steroid dienone is 1. The van der Waals surface area contributed by atoms with Crippen molar-refractivity contribution in [2.45, 2.75) is 52.9 Å². The van der Waals surface area contributed by atoms with Crippen LogP contribution in [-0.4, -0.2) is 0 Å². The van der Waals surface area contributed by atoms with Crippen molar-refractivity contribution in [3.63, 3.8) is 0 Å². The van der Waals surface area contributed by atoms with E-state index in [1.54, 1.807) is 0 Å². The molecule has 0 amide bonds.